The smallest absolute Gasteiger partial charge is 0.174 e. The first kappa shape index (κ1) is 14.0. The Kier molecular flexibility index (Phi) is 3.90. The standard InChI is InChI=1S/C15H17N5S/c1-19(2)10-13-17-12-7-5-4-6-11(12)14(18-13)21-15-16-8-9-20(15)3/h4-9H,10H2,1-3H3. The summed E-state index contributed by atoms with van der Waals surface area (Å²) in [6, 6.07) is 8.10. The summed E-state index contributed by atoms with van der Waals surface area (Å²) in [5.41, 5.74) is 0.973. The third kappa shape index (κ3) is 3.06. The second-order valence-corrected chi connectivity index (χ2v) is 6.08. The van der Waals surface area contributed by atoms with Crippen LogP contribution in [0, 0.1) is 0 Å². The molecule has 0 saturated carbocycles. The summed E-state index contributed by atoms with van der Waals surface area (Å²) in [5, 5.41) is 2.94. The van der Waals surface area contributed by atoms with Gasteiger partial charge in [0.25, 0.3) is 0 Å². The minimum absolute atomic E-state index is 0.721. The van der Waals surface area contributed by atoms with Crippen LogP contribution >= 0.6 is 11.8 Å². The molecule has 0 atom stereocenters. The van der Waals surface area contributed by atoms with Gasteiger partial charge in [0.1, 0.15) is 10.9 Å². The van der Waals surface area contributed by atoms with E-state index in [1.165, 1.54) is 0 Å². The van der Waals surface area contributed by atoms with E-state index in [9.17, 15) is 0 Å². The molecule has 5 nitrogen and oxygen atoms in total. The van der Waals surface area contributed by atoms with Crippen molar-refractivity contribution >= 4 is 22.7 Å². The summed E-state index contributed by atoms with van der Waals surface area (Å²) < 4.78 is 1.99. The summed E-state index contributed by atoms with van der Waals surface area (Å²) in [6.45, 7) is 0.721. The molecule has 2 heterocycles. The molecule has 0 aliphatic rings. The number of benzene rings is 1. The van der Waals surface area contributed by atoms with Crippen LogP contribution in [0.1, 0.15) is 5.82 Å². The minimum Gasteiger partial charge on any atom is -0.329 e. The van der Waals surface area contributed by atoms with Gasteiger partial charge in [0, 0.05) is 24.8 Å². The van der Waals surface area contributed by atoms with Crippen molar-refractivity contribution in [2.45, 2.75) is 16.7 Å². The molecule has 0 N–H and O–H groups in total. The number of aromatic nitrogens is 4. The van der Waals surface area contributed by atoms with Gasteiger partial charge in [-0.1, -0.05) is 18.2 Å². The number of para-hydroxylation sites is 1. The number of hydrogen-bond donors (Lipinski definition) is 0. The normalized spacial score (nSPS) is 11.4. The van der Waals surface area contributed by atoms with Gasteiger partial charge in [0.2, 0.25) is 0 Å². The van der Waals surface area contributed by atoms with Gasteiger partial charge in [0.05, 0.1) is 12.1 Å². The Hall–Kier alpha value is -1.92. The first-order chi connectivity index (χ1) is 10.1. The second kappa shape index (κ2) is 5.83. The fourth-order valence-corrected chi connectivity index (χ4v) is 2.99. The van der Waals surface area contributed by atoms with Crippen molar-refractivity contribution in [2.75, 3.05) is 14.1 Å². The Morgan fingerprint density at radius 3 is 2.71 bits per heavy atom. The average Bonchev–Trinajstić information content (AvgIpc) is 2.83. The zero-order chi connectivity index (χ0) is 14.8. The van der Waals surface area contributed by atoms with E-state index in [-0.39, 0.29) is 0 Å². The van der Waals surface area contributed by atoms with E-state index < -0.39 is 0 Å². The van der Waals surface area contributed by atoms with E-state index in [0.717, 1.165) is 33.5 Å². The highest BCUT2D eigenvalue weighted by Crippen LogP contribution is 2.30. The Morgan fingerprint density at radius 2 is 2.00 bits per heavy atom. The minimum atomic E-state index is 0.721. The number of imidazole rings is 1. The Bertz CT molecular complexity index is 766. The quantitative estimate of drug-likeness (QED) is 0.693. The molecule has 3 aromatic rings. The van der Waals surface area contributed by atoms with E-state index in [1.807, 2.05) is 50.1 Å². The van der Waals surface area contributed by atoms with Gasteiger partial charge < -0.3 is 9.47 Å². The fraction of sp³-hybridized carbons (Fsp3) is 0.267. The summed E-state index contributed by atoms with van der Waals surface area (Å²) in [6.07, 6.45) is 3.74. The molecule has 21 heavy (non-hydrogen) atoms. The van der Waals surface area contributed by atoms with Crippen LogP contribution in [0.3, 0.4) is 0 Å². The maximum absolute atomic E-state index is 4.71. The second-order valence-electron chi connectivity index (χ2n) is 5.12. The highest BCUT2D eigenvalue weighted by Gasteiger charge is 2.11. The fourth-order valence-electron chi connectivity index (χ4n) is 2.06. The highest BCUT2D eigenvalue weighted by atomic mass is 32.2. The maximum atomic E-state index is 4.71. The maximum Gasteiger partial charge on any atom is 0.174 e. The summed E-state index contributed by atoms with van der Waals surface area (Å²) in [4.78, 5) is 15.8. The van der Waals surface area contributed by atoms with E-state index in [2.05, 4.69) is 20.9 Å². The van der Waals surface area contributed by atoms with Crippen molar-refractivity contribution in [3.63, 3.8) is 0 Å². The predicted molar refractivity (Wildman–Crippen MR) is 84.3 cm³/mol. The lowest BCUT2D eigenvalue weighted by molar-refractivity contribution is 0.390. The molecule has 3 rings (SSSR count). The first-order valence-corrected chi connectivity index (χ1v) is 7.50. The Labute approximate surface area is 128 Å². The van der Waals surface area contributed by atoms with E-state index in [0.29, 0.717) is 0 Å². The van der Waals surface area contributed by atoms with Crippen molar-refractivity contribution in [1.29, 1.82) is 0 Å². The average molecular weight is 299 g/mol. The van der Waals surface area contributed by atoms with Crippen LogP contribution in [0.2, 0.25) is 0 Å². The molecule has 0 saturated heterocycles. The predicted octanol–water partition coefficient (Wildman–Crippen LogP) is 2.58. The van der Waals surface area contributed by atoms with Crippen LogP contribution in [0.15, 0.2) is 46.8 Å². The van der Waals surface area contributed by atoms with Crippen LogP contribution in [0.5, 0.6) is 0 Å². The zero-order valence-corrected chi connectivity index (χ0v) is 13.1. The molecule has 108 valence electrons. The van der Waals surface area contributed by atoms with Gasteiger partial charge in [-0.15, -0.1) is 0 Å². The van der Waals surface area contributed by atoms with Gasteiger partial charge in [-0.05, 0) is 31.9 Å². The molecule has 0 amide bonds. The highest BCUT2D eigenvalue weighted by molar-refractivity contribution is 7.99. The monoisotopic (exact) mass is 299 g/mol. The summed E-state index contributed by atoms with van der Waals surface area (Å²) >= 11 is 1.57. The molecule has 0 spiro atoms. The molecule has 6 heteroatoms. The number of rotatable bonds is 4. The van der Waals surface area contributed by atoms with Gasteiger partial charge in [-0.25, -0.2) is 15.0 Å². The van der Waals surface area contributed by atoms with E-state index >= 15 is 0 Å². The number of fused-ring (bicyclic) bond motifs is 1. The van der Waals surface area contributed by atoms with Gasteiger partial charge in [-0.2, -0.15) is 0 Å². The third-order valence-electron chi connectivity index (χ3n) is 3.04. The van der Waals surface area contributed by atoms with Crippen LogP contribution in [-0.4, -0.2) is 38.5 Å². The van der Waals surface area contributed by atoms with Gasteiger partial charge in [-0.3, -0.25) is 0 Å². The van der Waals surface area contributed by atoms with Crippen LogP contribution in [0.25, 0.3) is 10.9 Å². The van der Waals surface area contributed by atoms with Crippen molar-refractivity contribution < 1.29 is 0 Å². The van der Waals surface area contributed by atoms with Crippen molar-refractivity contribution in [3.05, 3.63) is 42.5 Å². The van der Waals surface area contributed by atoms with E-state index in [4.69, 9.17) is 4.98 Å². The first-order valence-electron chi connectivity index (χ1n) is 6.69. The van der Waals surface area contributed by atoms with Crippen molar-refractivity contribution in [1.82, 2.24) is 24.4 Å². The number of hydrogen-bond acceptors (Lipinski definition) is 5. The third-order valence-corrected chi connectivity index (χ3v) is 4.12. The van der Waals surface area contributed by atoms with Gasteiger partial charge >= 0.3 is 0 Å². The summed E-state index contributed by atoms with van der Waals surface area (Å²) in [5.74, 6) is 0.829. The van der Waals surface area contributed by atoms with Crippen LogP contribution in [-0.2, 0) is 13.6 Å². The van der Waals surface area contributed by atoms with Crippen molar-refractivity contribution in [2.24, 2.45) is 7.05 Å². The molecule has 0 bridgehead atoms. The largest absolute Gasteiger partial charge is 0.329 e. The molecule has 1 aromatic carbocycles. The Morgan fingerprint density at radius 1 is 1.19 bits per heavy atom. The molecule has 2 aromatic heterocycles. The lowest BCUT2D eigenvalue weighted by atomic mass is 10.2. The van der Waals surface area contributed by atoms with Gasteiger partial charge in [0.15, 0.2) is 5.16 Å². The molecule has 0 fully saturated rings. The topological polar surface area (TPSA) is 46.8 Å². The van der Waals surface area contributed by atoms with Crippen LogP contribution in [0.4, 0.5) is 0 Å². The molecular formula is C15H17N5S. The SMILES string of the molecule is CN(C)Cc1nc(Sc2nccn2C)c2ccccc2n1. The Balaban J connectivity index is 2.08. The molecule has 0 radical (unpaired) electrons. The lowest BCUT2D eigenvalue weighted by Gasteiger charge is -2.11. The summed E-state index contributed by atoms with van der Waals surface area (Å²) in [7, 11) is 6.02. The number of nitrogens with zero attached hydrogens (tertiary/aromatic N) is 5. The molecule has 0 aliphatic carbocycles. The van der Waals surface area contributed by atoms with Crippen molar-refractivity contribution in [3.8, 4) is 0 Å². The number of aryl methyl sites for hydroxylation is 1. The van der Waals surface area contributed by atoms with Crippen LogP contribution < -0.4 is 0 Å². The lowest BCUT2D eigenvalue weighted by Crippen LogP contribution is -2.13. The molecular weight excluding hydrogens is 282 g/mol. The zero-order valence-electron chi connectivity index (χ0n) is 12.3. The molecule has 0 aliphatic heterocycles. The van der Waals surface area contributed by atoms with E-state index in [1.54, 1.807) is 18.0 Å². The molecule has 0 unspecified atom stereocenters.